The van der Waals surface area contributed by atoms with Crippen molar-refractivity contribution in [2.45, 2.75) is 71.9 Å². The van der Waals surface area contributed by atoms with Crippen LogP contribution in [0.3, 0.4) is 0 Å². The normalized spacial score (nSPS) is 19.1. The number of aliphatic carboxylic acids is 1. The summed E-state index contributed by atoms with van der Waals surface area (Å²) in [5.74, 6) is -0.940. The van der Waals surface area contributed by atoms with Crippen LogP contribution in [0.15, 0.2) is 24.3 Å². The molecule has 0 radical (unpaired) electrons. The summed E-state index contributed by atoms with van der Waals surface area (Å²) in [5.41, 5.74) is 5.68. The monoisotopic (exact) mass is 397 g/mol. The Labute approximate surface area is 172 Å². The minimum Gasteiger partial charge on any atom is -0.481 e. The number of carbonyl (C=O) groups is 2. The van der Waals surface area contributed by atoms with E-state index in [0.717, 1.165) is 36.3 Å². The van der Waals surface area contributed by atoms with Gasteiger partial charge in [-0.2, -0.15) is 5.10 Å². The Morgan fingerprint density at radius 3 is 2.38 bits per heavy atom. The van der Waals surface area contributed by atoms with Gasteiger partial charge in [-0.25, -0.2) is 0 Å². The Morgan fingerprint density at radius 1 is 1.10 bits per heavy atom. The maximum atomic E-state index is 12.4. The van der Waals surface area contributed by atoms with Gasteiger partial charge in [-0.3, -0.25) is 14.3 Å². The molecule has 1 amide bonds. The highest BCUT2D eigenvalue weighted by atomic mass is 16.4. The highest BCUT2D eigenvalue weighted by Gasteiger charge is 2.26. The minimum atomic E-state index is -0.719. The molecular weight excluding hydrogens is 366 g/mol. The van der Waals surface area contributed by atoms with E-state index in [2.05, 4.69) is 48.5 Å². The molecule has 0 spiro atoms. The van der Waals surface area contributed by atoms with Gasteiger partial charge in [0.05, 0.1) is 18.2 Å². The molecule has 29 heavy (non-hydrogen) atoms. The van der Waals surface area contributed by atoms with Crippen LogP contribution in [-0.2, 0) is 22.6 Å². The second-order valence-corrected chi connectivity index (χ2v) is 8.25. The van der Waals surface area contributed by atoms with Crippen LogP contribution in [0.2, 0.25) is 0 Å². The molecule has 0 saturated heterocycles. The smallest absolute Gasteiger partial charge is 0.306 e. The summed E-state index contributed by atoms with van der Waals surface area (Å²) in [6.07, 6.45) is 3.87. The standard InChI is InChI=1S/C23H31N3O3/c1-15-4-6-18(7-5-15)14-26-17(3)21(16(2)25-26)12-13-22(27)24-20-10-8-19(9-11-20)23(28)29/h4-7,19-20H,8-14H2,1-3H3,(H,24,27)(H,28,29). The maximum absolute atomic E-state index is 12.4. The van der Waals surface area contributed by atoms with Gasteiger partial charge >= 0.3 is 5.97 Å². The SMILES string of the molecule is Cc1ccc(Cn2nc(C)c(CCC(=O)NC3CCC(C(=O)O)CC3)c2C)cc1. The highest BCUT2D eigenvalue weighted by Crippen LogP contribution is 2.24. The molecule has 156 valence electrons. The quantitative estimate of drug-likeness (QED) is 0.748. The van der Waals surface area contributed by atoms with E-state index >= 15 is 0 Å². The average Bonchev–Trinajstić information content (AvgIpc) is 2.95. The van der Waals surface area contributed by atoms with Gasteiger partial charge in [0.15, 0.2) is 0 Å². The summed E-state index contributed by atoms with van der Waals surface area (Å²) in [5, 5.41) is 16.8. The van der Waals surface area contributed by atoms with Crippen LogP contribution >= 0.6 is 0 Å². The number of aryl methyl sites for hydroxylation is 2. The molecule has 1 aliphatic carbocycles. The summed E-state index contributed by atoms with van der Waals surface area (Å²) in [4.78, 5) is 23.4. The van der Waals surface area contributed by atoms with Gasteiger partial charge in [-0.1, -0.05) is 29.8 Å². The van der Waals surface area contributed by atoms with E-state index in [0.29, 0.717) is 25.7 Å². The van der Waals surface area contributed by atoms with Crippen LogP contribution < -0.4 is 5.32 Å². The fourth-order valence-corrected chi connectivity index (χ4v) is 4.14. The first kappa shape index (κ1) is 21.1. The number of benzene rings is 1. The summed E-state index contributed by atoms with van der Waals surface area (Å²) in [6.45, 7) is 6.87. The lowest BCUT2D eigenvalue weighted by Crippen LogP contribution is -2.38. The van der Waals surface area contributed by atoms with Gasteiger partial charge in [-0.05, 0) is 64.0 Å². The predicted octanol–water partition coefficient (Wildman–Crippen LogP) is 3.55. The second kappa shape index (κ2) is 9.25. The van der Waals surface area contributed by atoms with Crippen molar-refractivity contribution in [3.05, 3.63) is 52.3 Å². The van der Waals surface area contributed by atoms with Crippen molar-refractivity contribution in [1.82, 2.24) is 15.1 Å². The van der Waals surface area contributed by atoms with Crippen molar-refractivity contribution in [1.29, 1.82) is 0 Å². The molecule has 1 aliphatic rings. The number of hydrogen-bond acceptors (Lipinski definition) is 3. The molecule has 6 heteroatoms. The lowest BCUT2D eigenvalue weighted by atomic mass is 9.86. The molecule has 1 heterocycles. The third-order valence-corrected chi connectivity index (χ3v) is 6.03. The summed E-state index contributed by atoms with van der Waals surface area (Å²) in [6, 6.07) is 8.56. The summed E-state index contributed by atoms with van der Waals surface area (Å²) < 4.78 is 2.01. The Kier molecular flexibility index (Phi) is 6.72. The fraction of sp³-hybridized carbons (Fsp3) is 0.522. The van der Waals surface area contributed by atoms with Crippen molar-refractivity contribution in [3.8, 4) is 0 Å². The molecule has 1 fully saturated rings. The van der Waals surface area contributed by atoms with Gasteiger partial charge in [0.25, 0.3) is 0 Å². The lowest BCUT2D eigenvalue weighted by Gasteiger charge is -2.26. The van der Waals surface area contributed by atoms with Gasteiger partial charge in [-0.15, -0.1) is 0 Å². The molecule has 2 aromatic rings. The van der Waals surface area contributed by atoms with Crippen LogP contribution in [0.25, 0.3) is 0 Å². The topological polar surface area (TPSA) is 84.2 Å². The molecule has 2 N–H and O–H groups in total. The molecule has 0 atom stereocenters. The van der Waals surface area contributed by atoms with Crippen LogP contribution in [0.4, 0.5) is 0 Å². The van der Waals surface area contributed by atoms with Crippen LogP contribution in [0.1, 0.15) is 60.2 Å². The zero-order chi connectivity index (χ0) is 21.0. The minimum absolute atomic E-state index is 0.0360. The average molecular weight is 398 g/mol. The molecule has 1 aromatic carbocycles. The molecule has 0 bridgehead atoms. The first-order valence-corrected chi connectivity index (χ1v) is 10.4. The Morgan fingerprint density at radius 2 is 1.76 bits per heavy atom. The molecule has 0 unspecified atom stereocenters. The van der Waals surface area contributed by atoms with E-state index in [1.807, 2.05) is 11.6 Å². The first-order valence-electron chi connectivity index (χ1n) is 10.4. The molecule has 3 rings (SSSR count). The molecule has 0 aliphatic heterocycles. The van der Waals surface area contributed by atoms with Crippen molar-refractivity contribution < 1.29 is 14.7 Å². The fourth-order valence-electron chi connectivity index (χ4n) is 4.14. The first-order chi connectivity index (χ1) is 13.8. The third kappa shape index (κ3) is 5.46. The van der Waals surface area contributed by atoms with Gasteiger partial charge in [0, 0.05) is 18.2 Å². The number of carboxylic acid groups (broad SMARTS) is 1. The summed E-state index contributed by atoms with van der Waals surface area (Å²) >= 11 is 0. The van der Waals surface area contributed by atoms with E-state index in [1.54, 1.807) is 0 Å². The number of nitrogens with one attached hydrogen (secondary N) is 1. The van der Waals surface area contributed by atoms with Crippen LogP contribution in [0.5, 0.6) is 0 Å². The molecule has 1 saturated carbocycles. The zero-order valence-electron chi connectivity index (χ0n) is 17.6. The Balaban J connectivity index is 1.52. The number of amides is 1. The molecular formula is C23H31N3O3. The number of nitrogens with zero attached hydrogens (tertiary/aromatic N) is 2. The third-order valence-electron chi connectivity index (χ3n) is 6.03. The van der Waals surface area contributed by atoms with E-state index in [4.69, 9.17) is 5.11 Å². The Bertz CT molecular complexity index is 862. The summed E-state index contributed by atoms with van der Waals surface area (Å²) in [7, 11) is 0. The van der Waals surface area contributed by atoms with Crippen LogP contribution in [0, 0.1) is 26.7 Å². The number of hydrogen-bond donors (Lipinski definition) is 2. The van der Waals surface area contributed by atoms with E-state index < -0.39 is 5.97 Å². The number of carbonyl (C=O) groups excluding carboxylic acids is 1. The van der Waals surface area contributed by atoms with E-state index in [1.165, 1.54) is 11.1 Å². The van der Waals surface area contributed by atoms with Crippen molar-refractivity contribution in [3.63, 3.8) is 0 Å². The van der Waals surface area contributed by atoms with Crippen molar-refractivity contribution >= 4 is 11.9 Å². The molecule has 1 aromatic heterocycles. The number of carboxylic acids is 1. The van der Waals surface area contributed by atoms with Crippen molar-refractivity contribution in [2.24, 2.45) is 5.92 Å². The lowest BCUT2D eigenvalue weighted by molar-refractivity contribution is -0.142. The maximum Gasteiger partial charge on any atom is 0.306 e. The number of rotatable bonds is 7. The predicted molar refractivity (Wildman–Crippen MR) is 112 cm³/mol. The largest absolute Gasteiger partial charge is 0.481 e. The van der Waals surface area contributed by atoms with Gasteiger partial charge < -0.3 is 10.4 Å². The zero-order valence-corrected chi connectivity index (χ0v) is 17.6. The van der Waals surface area contributed by atoms with Gasteiger partial charge in [0.1, 0.15) is 0 Å². The Hall–Kier alpha value is -2.63. The van der Waals surface area contributed by atoms with Gasteiger partial charge in [0.2, 0.25) is 5.91 Å². The van der Waals surface area contributed by atoms with E-state index in [-0.39, 0.29) is 17.9 Å². The number of aromatic nitrogens is 2. The van der Waals surface area contributed by atoms with E-state index in [9.17, 15) is 9.59 Å². The van der Waals surface area contributed by atoms with Crippen molar-refractivity contribution in [2.75, 3.05) is 0 Å². The second-order valence-electron chi connectivity index (χ2n) is 8.25. The molecule has 6 nitrogen and oxygen atoms in total. The van der Waals surface area contributed by atoms with Crippen LogP contribution in [-0.4, -0.2) is 32.8 Å². The highest BCUT2D eigenvalue weighted by molar-refractivity contribution is 5.76.